The third kappa shape index (κ3) is 5.86. The van der Waals surface area contributed by atoms with Crippen molar-refractivity contribution in [3.05, 3.63) is 30.3 Å². The summed E-state index contributed by atoms with van der Waals surface area (Å²) in [5.41, 5.74) is 7.38. The first-order valence-corrected chi connectivity index (χ1v) is 4.25. The van der Waals surface area contributed by atoms with E-state index in [-0.39, 0.29) is 17.4 Å². The number of amides is 2. The van der Waals surface area contributed by atoms with Crippen molar-refractivity contribution >= 4 is 24.1 Å². The number of primary amides is 1. The molecule has 0 aromatic heterocycles. The van der Waals surface area contributed by atoms with Gasteiger partial charge in [-0.2, -0.15) is 13.2 Å². The number of nitrogens with one attached hydrogen (secondary N) is 1. The molecule has 4 nitrogen and oxygen atoms in total. The fraction of sp³-hybridized carbons (Fsp3) is 0.222. The van der Waals surface area contributed by atoms with Crippen molar-refractivity contribution in [3.63, 3.8) is 0 Å². The van der Waals surface area contributed by atoms with E-state index in [1.54, 1.807) is 0 Å². The molecule has 3 N–H and O–H groups in total. The molecule has 0 aliphatic heterocycles. The van der Waals surface area contributed by atoms with E-state index in [1.165, 1.54) is 24.3 Å². The third-order valence-corrected chi connectivity index (χ3v) is 1.59. The van der Waals surface area contributed by atoms with Crippen molar-refractivity contribution in [2.45, 2.75) is 6.18 Å². The predicted molar refractivity (Wildman–Crippen MR) is 58.5 cm³/mol. The van der Waals surface area contributed by atoms with E-state index in [0.29, 0.717) is 5.69 Å². The van der Waals surface area contributed by atoms with Crippen LogP contribution in [-0.2, 0) is 0 Å². The number of carbonyl (C=O) groups is 1. The van der Waals surface area contributed by atoms with Gasteiger partial charge in [0.2, 0.25) is 0 Å². The van der Waals surface area contributed by atoms with Gasteiger partial charge in [-0.3, -0.25) is 5.43 Å². The van der Waals surface area contributed by atoms with E-state index in [0.717, 1.165) is 0 Å². The summed E-state index contributed by atoms with van der Waals surface area (Å²) >= 11 is 0. The van der Waals surface area contributed by atoms with Gasteiger partial charge in [0.25, 0.3) is 0 Å². The molecule has 1 aromatic carbocycles. The normalized spacial score (nSPS) is 10.3. The summed E-state index contributed by atoms with van der Waals surface area (Å²) in [7, 11) is 0. The van der Waals surface area contributed by atoms with Crippen LogP contribution in [0.5, 0.6) is 0 Å². The number of hydrogen-bond donors (Lipinski definition) is 2. The van der Waals surface area contributed by atoms with Crippen LogP contribution in [0.15, 0.2) is 24.3 Å². The zero-order valence-electron chi connectivity index (χ0n) is 8.49. The van der Waals surface area contributed by atoms with Gasteiger partial charge in [0.15, 0.2) is 0 Å². The fourth-order valence-corrected chi connectivity index (χ4v) is 0.969. The van der Waals surface area contributed by atoms with E-state index in [4.69, 9.17) is 5.73 Å². The largest absolute Gasteiger partial charge is 0.408 e. The van der Waals surface area contributed by atoms with Crippen LogP contribution in [0.2, 0.25) is 0 Å². The van der Waals surface area contributed by atoms with Gasteiger partial charge in [-0.25, -0.2) is 9.80 Å². The number of nitrogens with two attached hydrogens (primary N) is 1. The van der Waals surface area contributed by atoms with Gasteiger partial charge in [-0.15, -0.1) is 12.4 Å². The minimum atomic E-state index is -4.51. The number of hydrogen-bond acceptors (Lipinski definition) is 2. The average molecular weight is 269 g/mol. The van der Waals surface area contributed by atoms with Crippen LogP contribution in [0.3, 0.4) is 0 Å². The number of hydrazine groups is 1. The van der Waals surface area contributed by atoms with E-state index in [1.807, 2.05) is 0 Å². The lowest BCUT2D eigenvalue weighted by Gasteiger charge is -2.23. The highest BCUT2D eigenvalue weighted by molar-refractivity contribution is 5.85. The van der Waals surface area contributed by atoms with E-state index in [2.05, 4.69) is 11.5 Å². The summed E-state index contributed by atoms with van der Waals surface area (Å²) in [5.74, 6) is 0. The van der Waals surface area contributed by atoms with Crippen molar-refractivity contribution in [3.8, 4) is 0 Å². The Labute approximate surface area is 102 Å². The van der Waals surface area contributed by atoms with Crippen LogP contribution in [0, 0.1) is 6.07 Å². The Hall–Kier alpha value is -1.63. The standard InChI is InChI=1S/C9H9F3N3O.ClH/c10-9(11,12)6-15(8(13)16)14-7-4-2-1-3-5-7;/h2-5,14H,6H2,(H2,13,16);1H. The second-order valence-corrected chi connectivity index (χ2v) is 2.94. The zero-order valence-corrected chi connectivity index (χ0v) is 9.31. The third-order valence-electron chi connectivity index (χ3n) is 1.59. The van der Waals surface area contributed by atoms with Gasteiger partial charge in [-0.1, -0.05) is 12.1 Å². The lowest BCUT2D eigenvalue weighted by atomic mass is 10.3. The molecule has 95 valence electrons. The van der Waals surface area contributed by atoms with Gasteiger partial charge in [0, 0.05) is 0 Å². The van der Waals surface area contributed by atoms with E-state index in [9.17, 15) is 18.0 Å². The number of carbonyl (C=O) groups excluding carboxylic acids is 1. The maximum absolute atomic E-state index is 12.1. The number of benzene rings is 1. The smallest absolute Gasteiger partial charge is 0.350 e. The molecule has 2 amide bonds. The highest BCUT2D eigenvalue weighted by atomic mass is 35.5. The minimum absolute atomic E-state index is 0. The number of rotatable bonds is 3. The van der Waals surface area contributed by atoms with Crippen molar-refractivity contribution < 1.29 is 18.0 Å². The molecule has 1 radical (unpaired) electrons. The monoisotopic (exact) mass is 268 g/mol. The number of alkyl halides is 3. The highest BCUT2D eigenvalue weighted by Gasteiger charge is 2.32. The van der Waals surface area contributed by atoms with Crippen molar-refractivity contribution in [2.75, 3.05) is 12.0 Å². The molecule has 8 heteroatoms. The Morgan fingerprint density at radius 2 is 1.94 bits per heavy atom. The van der Waals surface area contributed by atoms with Crippen LogP contribution in [-0.4, -0.2) is 23.8 Å². The van der Waals surface area contributed by atoms with Crippen molar-refractivity contribution in [1.82, 2.24) is 5.01 Å². The molecule has 0 saturated heterocycles. The Morgan fingerprint density at radius 1 is 1.41 bits per heavy atom. The molecular weight excluding hydrogens is 259 g/mol. The van der Waals surface area contributed by atoms with Crippen molar-refractivity contribution in [2.24, 2.45) is 5.73 Å². The summed E-state index contributed by atoms with van der Waals surface area (Å²) in [6.45, 7) is -1.46. The van der Waals surface area contributed by atoms with Gasteiger partial charge in [0.05, 0.1) is 5.69 Å². The van der Waals surface area contributed by atoms with Crippen LogP contribution in [0.1, 0.15) is 0 Å². The molecule has 0 atom stereocenters. The Bertz CT molecular complexity index is 358. The van der Waals surface area contributed by atoms with Gasteiger partial charge < -0.3 is 5.73 Å². The first kappa shape index (κ1) is 15.4. The van der Waals surface area contributed by atoms with Gasteiger partial charge in [0.1, 0.15) is 6.54 Å². The molecule has 0 spiro atoms. The number of anilines is 1. The highest BCUT2D eigenvalue weighted by Crippen LogP contribution is 2.17. The Balaban J connectivity index is 0.00000256. The second kappa shape index (κ2) is 6.19. The molecule has 1 rings (SSSR count). The Kier molecular flexibility index (Phi) is 5.60. The second-order valence-electron chi connectivity index (χ2n) is 2.94. The molecule has 1 aromatic rings. The summed E-state index contributed by atoms with van der Waals surface area (Å²) < 4.78 is 36.2. The molecule has 0 aliphatic rings. The molecular formula is C9H10ClF3N3O. The maximum atomic E-state index is 12.1. The van der Waals surface area contributed by atoms with Crippen LogP contribution < -0.4 is 11.2 Å². The van der Waals surface area contributed by atoms with Crippen LogP contribution in [0.4, 0.5) is 23.7 Å². The number of urea groups is 1. The lowest BCUT2D eigenvalue weighted by Crippen LogP contribution is -2.45. The van der Waals surface area contributed by atoms with E-state index < -0.39 is 18.8 Å². The minimum Gasteiger partial charge on any atom is -0.350 e. The molecule has 0 saturated carbocycles. The molecule has 0 heterocycles. The lowest BCUT2D eigenvalue weighted by molar-refractivity contribution is -0.137. The summed E-state index contributed by atoms with van der Waals surface area (Å²) in [6, 6.07) is 7.40. The first-order valence-electron chi connectivity index (χ1n) is 4.25. The zero-order chi connectivity index (χ0) is 12.2. The van der Waals surface area contributed by atoms with Crippen molar-refractivity contribution in [1.29, 1.82) is 0 Å². The maximum Gasteiger partial charge on any atom is 0.408 e. The average Bonchev–Trinajstić information content (AvgIpc) is 2.16. The van der Waals surface area contributed by atoms with Crippen LogP contribution in [0.25, 0.3) is 0 Å². The first-order chi connectivity index (χ1) is 7.38. The molecule has 17 heavy (non-hydrogen) atoms. The topological polar surface area (TPSA) is 58.4 Å². The summed E-state index contributed by atoms with van der Waals surface area (Å²) in [5, 5.41) is 0.287. The number of halogens is 4. The predicted octanol–water partition coefficient (Wildman–Crippen LogP) is 2.18. The number of nitrogens with zero attached hydrogens (tertiary/aromatic N) is 1. The summed E-state index contributed by atoms with van der Waals surface area (Å²) in [4.78, 5) is 10.8. The van der Waals surface area contributed by atoms with E-state index >= 15 is 0 Å². The summed E-state index contributed by atoms with van der Waals surface area (Å²) in [6.07, 6.45) is -4.51. The molecule has 0 unspecified atom stereocenters. The fourth-order valence-electron chi connectivity index (χ4n) is 0.969. The van der Waals surface area contributed by atoms with Gasteiger partial charge >= 0.3 is 12.2 Å². The SMILES string of the molecule is Cl.NC(=O)N(CC(F)(F)F)Nc1cc[c]cc1. The quantitative estimate of drug-likeness (QED) is 0.826. The molecule has 0 aliphatic carbocycles. The Morgan fingerprint density at radius 3 is 2.35 bits per heavy atom. The molecule has 0 fully saturated rings. The van der Waals surface area contributed by atoms with Gasteiger partial charge in [-0.05, 0) is 18.2 Å². The molecule has 0 bridgehead atoms. The van der Waals surface area contributed by atoms with Crippen LogP contribution >= 0.6 is 12.4 Å².